The van der Waals surface area contributed by atoms with Crippen LogP contribution < -0.4 is 4.74 Å². The highest BCUT2D eigenvalue weighted by Crippen LogP contribution is 2.19. The molecule has 1 saturated heterocycles. The van der Waals surface area contributed by atoms with Crippen LogP contribution >= 0.6 is 0 Å². The average Bonchev–Trinajstić information content (AvgIpc) is 2.47. The van der Waals surface area contributed by atoms with Gasteiger partial charge in [-0.3, -0.25) is 4.79 Å². The third kappa shape index (κ3) is 3.73. The summed E-state index contributed by atoms with van der Waals surface area (Å²) in [6.45, 7) is 5.63. The van der Waals surface area contributed by atoms with Gasteiger partial charge in [0.05, 0.1) is 19.3 Å². The molecule has 0 radical (unpaired) electrons. The molecule has 0 saturated carbocycles. The lowest BCUT2D eigenvalue weighted by atomic mass is 10.1. The summed E-state index contributed by atoms with van der Waals surface area (Å²) in [5, 5.41) is 0. The van der Waals surface area contributed by atoms with Crippen LogP contribution in [0.4, 0.5) is 0 Å². The van der Waals surface area contributed by atoms with Gasteiger partial charge in [-0.25, -0.2) is 0 Å². The molecule has 1 aromatic rings. The summed E-state index contributed by atoms with van der Waals surface area (Å²) in [7, 11) is 1.62. The topological polar surface area (TPSA) is 38.8 Å². The molecule has 1 fully saturated rings. The fourth-order valence-corrected chi connectivity index (χ4v) is 2.50. The van der Waals surface area contributed by atoms with Crippen molar-refractivity contribution in [1.29, 1.82) is 0 Å². The molecule has 0 aromatic heterocycles. The first-order valence-electron chi connectivity index (χ1n) is 7.19. The Bertz CT molecular complexity index is 434. The predicted octanol–water partition coefficient (Wildman–Crippen LogP) is 2.72. The highest BCUT2D eigenvalue weighted by Gasteiger charge is 2.24. The van der Waals surface area contributed by atoms with Gasteiger partial charge in [-0.15, -0.1) is 0 Å². The molecule has 4 nitrogen and oxygen atoms in total. The average molecular weight is 277 g/mol. The van der Waals surface area contributed by atoms with Crippen molar-refractivity contribution in [2.45, 2.75) is 38.9 Å². The summed E-state index contributed by atoms with van der Waals surface area (Å²) >= 11 is 0. The number of methoxy groups -OCH3 is 1. The second-order valence-corrected chi connectivity index (χ2v) is 5.40. The monoisotopic (exact) mass is 277 g/mol. The minimum atomic E-state index is 0.0932. The van der Waals surface area contributed by atoms with Crippen LogP contribution in [0.15, 0.2) is 24.3 Å². The number of rotatable bonds is 4. The van der Waals surface area contributed by atoms with Gasteiger partial charge in [0.15, 0.2) is 0 Å². The number of piperidine rings is 1. The predicted molar refractivity (Wildman–Crippen MR) is 78.1 cm³/mol. The third-order valence-electron chi connectivity index (χ3n) is 3.53. The summed E-state index contributed by atoms with van der Waals surface area (Å²) < 4.78 is 10.9. The maximum absolute atomic E-state index is 12.4. The number of benzene rings is 1. The van der Waals surface area contributed by atoms with Gasteiger partial charge in [0.1, 0.15) is 5.75 Å². The molecule has 0 aliphatic carbocycles. The van der Waals surface area contributed by atoms with Crippen LogP contribution in [0.5, 0.6) is 5.75 Å². The molecule has 1 amide bonds. The third-order valence-corrected chi connectivity index (χ3v) is 3.53. The molecule has 110 valence electrons. The minimum absolute atomic E-state index is 0.0932. The number of likely N-dealkylation sites (tertiary alicyclic amines) is 1. The lowest BCUT2D eigenvalue weighted by Crippen LogP contribution is -2.41. The maximum Gasteiger partial charge on any atom is 0.253 e. The van der Waals surface area contributed by atoms with Gasteiger partial charge in [0.2, 0.25) is 0 Å². The molecule has 0 spiro atoms. The van der Waals surface area contributed by atoms with Crippen molar-refractivity contribution in [3.8, 4) is 5.75 Å². The largest absolute Gasteiger partial charge is 0.497 e. The van der Waals surface area contributed by atoms with Gasteiger partial charge in [-0.1, -0.05) is 0 Å². The lowest BCUT2D eigenvalue weighted by molar-refractivity contribution is -0.0236. The Morgan fingerprint density at radius 1 is 1.20 bits per heavy atom. The van der Waals surface area contributed by atoms with E-state index >= 15 is 0 Å². The SMILES string of the molecule is COc1ccc(C(=O)N2CCC(OC(C)C)CC2)cc1. The van der Waals surface area contributed by atoms with Gasteiger partial charge in [0.25, 0.3) is 5.91 Å². The van der Waals surface area contributed by atoms with Gasteiger partial charge >= 0.3 is 0 Å². The number of carbonyl (C=O) groups excluding carboxylic acids is 1. The minimum Gasteiger partial charge on any atom is -0.497 e. The van der Waals surface area contributed by atoms with Crippen LogP contribution in [0.1, 0.15) is 37.0 Å². The molecule has 0 N–H and O–H groups in total. The molecule has 1 aromatic carbocycles. The second kappa shape index (κ2) is 6.75. The van der Waals surface area contributed by atoms with Crippen molar-refractivity contribution in [1.82, 2.24) is 4.90 Å². The molecule has 4 heteroatoms. The summed E-state index contributed by atoms with van der Waals surface area (Å²) in [5.74, 6) is 0.862. The maximum atomic E-state index is 12.4. The zero-order valence-corrected chi connectivity index (χ0v) is 12.5. The van der Waals surface area contributed by atoms with Gasteiger partial charge in [0, 0.05) is 18.7 Å². The van der Waals surface area contributed by atoms with Crippen molar-refractivity contribution in [2.24, 2.45) is 0 Å². The molecule has 1 aliphatic heterocycles. The Hall–Kier alpha value is -1.55. The van der Waals surface area contributed by atoms with Crippen LogP contribution in [-0.4, -0.2) is 43.2 Å². The number of hydrogen-bond donors (Lipinski definition) is 0. The number of ether oxygens (including phenoxy) is 2. The quantitative estimate of drug-likeness (QED) is 0.849. The normalized spacial score (nSPS) is 16.5. The van der Waals surface area contributed by atoms with Crippen molar-refractivity contribution in [3.05, 3.63) is 29.8 Å². The van der Waals surface area contributed by atoms with E-state index in [0.717, 1.165) is 31.7 Å². The van der Waals surface area contributed by atoms with E-state index < -0.39 is 0 Å². The number of hydrogen-bond acceptors (Lipinski definition) is 3. The molecule has 1 aliphatic rings. The highest BCUT2D eigenvalue weighted by atomic mass is 16.5. The van der Waals surface area contributed by atoms with E-state index in [1.807, 2.05) is 29.2 Å². The number of amides is 1. The van der Waals surface area contributed by atoms with Crippen molar-refractivity contribution in [3.63, 3.8) is 0 Å². The fraction of sp³-hybridized carbons (Fsp3) is 0.562. The Kier molecular flexibility index (Phi) is 5.01. The summed E-state index contributed by atoms with van der Waals surface area (Å²) in [5.41, 5.74) is 0.717. The van der Waals surface area contributed by atoms with E-state index in [0.29, 0.717) is 5.56 Å². The molecular weight excluding hydrogens is 254 g/mol. The zero-order chi connectivity index (χ0) is 14.5. The van der Waals surface area contributed by atoms with Gasteiger partial charge < -0.3 is 14.4 Å². The van der Waals surface area contributed by atoms with Gasteiger partial charge in [-0.05, 0) is 51.0 Å². The Morgan fingerprint density at radius 3 is 2.30 bits per heavy atom. The first-order chi connectivity index (χ1) is 9.60. The van der Waals surface area contributed by atoms with Crippen molar-refractivity contribution in [2.75, 3.05) is 20.2 Å². The lowest BCUT2D eigenvalue weighted by Gasteiger charge is -2.32. The summed E-state index contributed by atoms with van der Waals surface area (Å²) in [4.78, 5) is 14.3. The van der Waals surface area contributed by atoms with Crippen molar-refractivity contribution < 1.29 is 14.3 Å². The molecule has 0 atom stereocenters. The first kappa shape index (κ1) is 14.9. The second-order valence-electron chi connectivity index (χ2n) is 5.40. The van der Waals surface area contributed by atoms with Crippen LogP contribution in [-0.2, 0) is 4.74 Å². The van der Waals surface area contributed by atoms with Crippen LogP contribution in [0.25, 0.3) is 0 Å². The summed E-state index contributed by atoms with van der Waals surface area (Å²) in [6, 6.07) is 7.28. The molecule has 0 unspecified atom stereocenters. The molecule has 2 rings (SSSR count). The number of carbonyl (C=O) groups is 1. The van der Waals surface area contributed by atoms with E-state index in [1.54, 1.807) is 7.11 Å². The Morgan fingerprint density at radius 2 is 1.80 bits per heavy atom. The first-order valence-corrected chi connectivity index (χ1v) is 7.19. The van der Waals surface area contributed by atoms with Crippen LogP contribution in [0.2, 0.25) is 0 Å². The molecule has 0 bridgehead atoms. The molecule has 1 heterocycles. The zero-order valence-electron chi connectivity index (χ0n) is 12.5. The summed E-state index contributed by atoms with van der Waals surface area (Å²) in [6.07, 6.45) is 2.37. The van der Waals surface area contributed by atoms with E-state index in [-0.39, 0.29) is 18.1 Å². The molecule has 20 heavy (non-hydrogen) atoms. The van der Waals surface area contributed by atoms with E-state index in [4.69, 9.17) is 9.47 Å². The van der Waals surface area contributed by atoms with Gasteiger partial charge in [-0.2, -0.15) is 0 Å². The van der Waals surface area contributed by atoms with E-state index in [9.17, 15) is 4.79 Å². The number of nitrogens with zero attached hydrogens (tertiary/aromatic N) is 1. The van der Waals surface area contributed by atoms with Crippen molar-refractivity contribution >= 4 is 5.91 Å². The highest BCUT2D eigenvalue weighted by molar-refractivity contribution is 5.94. The van der Waals surface area contributed by atoms with Crippen LogP contribution in [0, 0.1) is 0 Å². The van der Waals surface area contributed by atoms with Crippen LogP contribution in [0.3, 0.4) is 0 Å². The van der Waals surface area contributed by atoms with E-state index in [2.05, 4.69) is 13.8 Å². The molecular formula is C16H23NO3. The Labute approximate surface area is 120 Å². The van der Waals surface area contributed by atoms with E-state index in [1.165, 1.54) is 0 Å². The fourth-order valence-electron chi connectivity index (χ4n) is 2.50. The smallest absolute Gasteiger partial charge is 0.253 e. The Balaban J connectivity index is 1.90. The standard InChI is InChI=1S/C16H23NO3/c1-12(2)20-15-8-10-17(11-9-15)16(18)13-4-6-14(19-3)7-5-13/h4-7,12,15H,8-11H2,1-3H3.